The van der Waals surface area contributed by atoms with Crippen LogP contribution >= 0.6 is 11.3 Å². The Balaban J connectivity index is 1.31. The van der Waals surface area contributed by atoms with Crippen LogP contribution in [0, 0.1) is 12.8 Å². The highest BCUT2D eigenvalue weighted by Crippen LogP contribution is 2.34. The van der Waals surface area contributed by atoms with Gasteiger partial charge >= 0.3 is 0 Å². The highest BCUT2D eigenvalue weighted by molar-refractivity contribution is 7.17. The van der Waals surface area contributed by atoms with Crippen molar-refractivity contribution in [3.8, 4) is 5.75 Å². The zero-order valence-corrected chi connectivity index (χ0v) is 19.0. The Kier molecular flexibility index (Phi) is 5.68. The molecule has 8 heteroatoms. The molecule has 0 radical (unpaired) electrons. The summed E-state index contributed by atoms with van der Waals surface area (Å²) in [5, 5.41) is 3.17. The summed E-state index contributed by atoms with van der Waals surface area (Å²) in [6.07, 6.45) is 0.536. The minimum atomic E-state index is -0.460. The van der Waals surface area contributed by atoms with E-state index in [9.17, 15) is 14.4 Å². The fraction of sp³-hybridized carbons (Fsp3) is 0.280. The van der Waals surface area contributed by atoms with E-state index in [1.165, 1.54) is 11.3 Å². The number of carbonyl (C=O) groups excluding carboxylic acids is 3. The first kappa shape index (κ1) is 21.3. The van der Waals surface area contributed by atoms with Gasteiger partial charge in [-0.05, 0) is 25.1 Å². The van der Waals surface area contributed by atoms with Crippen LogP contribution in [0.15, 0.2) is 48.5 Å². The fourth-order valence-corrected chi connectivity index (χ4v) is 5.22. The number of nitrogens with one attached hydrogen (secondary N) is 1. The summed E-state index contributed by atoms with van der Waals surface area (Å²) in [5.41, 5.74) is 3.06. The average molecular weight is 462 g/mol. The van der Waals surface area contributed by atoms with E-state index in [1.54, 1.807) is 17.0 Å². The molecule has 0 fully saturated rings. The normalized spacial score (nSPS) is 17.4. The van der Waals surface area contributed by atoms with Gasteiger partial charge in [0.1, 0.15) is 12.4 Å². The van der Waals surface area contributed by atoms with Gasteiger partial charge in [0.15, 0.2) is 10.9 Å². The Labute approximate surface area is 195 Å². The second-order valence-corrected chi connectivity index (χ2v) is 9.36. The third-order valence-corrected chi connectivity index (χ3v) is 6.99. The third-order valence-electron chi connectivity index (χ3n) is 5.94. The molecule has 2 aliphatic rings. The highest BCUT2D eigenvalue weighted by Gasteiger charge is 2.36. The van der Waals surface area contributed by atoms with Crippen LogP contribution in [0.3, 0.4) is 0 Å². The SMILES string of the molecule is Cc1cccc(C(=O)Nc2nc3c(s2)C(=O)C[C@@H](C(=O)N2CCOc4ccccc4C2)C3)c1. The first-order chi connectivity index (χ1) is 16.0. The molecule has 1 aromatic heterocycles. The van der Waals surface area contributed by atoms with E-state index in [-0.39, 0.29) is 24.0 Å². The molecule has 7 nitrogen and oxygen atoms in total. The smallest absolute Gasteiger partial charge is 0.257 e. The minimum Gasteiger partial charge on any atom is -0.491 e. The van der Waals surface area contributed by atoms with E-state index < -0.39 is 5.92 Å². The number of anilines is 1. The van der Waals surface area contributed by atoms with Gasteiger partial charge in [0, 0.05) is 30.5 Å². The van der Waals surface area contributed by atoms with E-state index in [0.29, 0.717) is 47.4 Å². The van der Waals surface area contributed by atoms with Crippen LogP contribution in [0.2, 0.25) is 0 Å². The monoisotopic (exact) mass is 461 g/mol. The number of ether oxygens (including phenoxy) is 1. The van der Waals surface area contributed by atoms with Crippen LogP contribution < -0.4 is 10.1 Å². The Bertz CT molecular complexity index is 1250. The summed E-state index contributed by atoms with van der Waals surface area (Å²) in [7, 11) is 0. The largest absolute Gasteiger partial charge is 0.491 e. The molecular formula is C25H23N3O4S. The lowest BCUT2D eigenvalue weighted by atomic mass is 9.88. The predicted molar refractivity (Wildman–Crippen MR) is 125 cm³/mol. The first-order valence-corrected chi connectivity index (χ1v) is 11.7. The second kappa shape index (κ2) is 8.78. The molecule has 1 aliphatic heterocycles. The molecule has 1 aliphatic carbocycles. The molecule has 0 bridgehead atoms. The van der Waals surface area contributed by atoms with Gasteiger partial charge in [-0.2, -0.15) is 0 Å². The molecule has 2 amide bonds. The Morgan fingerprint density at radius 1 is 1.15 bits per heavy atom. The van der Waals surface area contributed by atoms with Crippen molar-refractivity contribution in [3.63, 3.8) is 0 Å². The number of fused-ring (bicyclic) bond motifs is 2. The summed E-state index contributed by atoms with van der Waals surface area (Å²) >= 11 is 1.18. The lowest BCUT2D eigenvalue weighted by Crippen LogP contribution is -2.40. The van der Waals surface area contributed by atoms with Crippen molar-refractivity contribution in [2.75, 3.05) is 18.5 Å². The number of hydrogen-bond acceptors (Lipinski definition) is 6. The number of thiazole rings is 1. The number of amides is 2. The molecule has 3 aromatic rings. The summed E-state index contributed by atoms with van der Waals surface area (Å²) in [6, 6.07) is 15.0. The Hall–Kier alpha value is -3.52. The van der Waals surface area contributed by atoms with Crippen LogP contribution in [-0.2, 0) is 17.8 Å². The number of Topliss-reactive ketones (excluding diaryl/α,β-unsaturated/α-hetero) is 1. The molecule has 2 aromatic carbocycles. The van der Waals surface area contributed by atoms with Crippen molar-refractivity contribution in [1.82, 2.24) is 9.88 Å². The molecule has 1 N–H and O–H groups in total. The number of para-hydroxylation sites is 1. The Morgan fingerprint density at radius 2 is 2.00 bits per heavy atom. The van der Waals surface area contributed by atoms with Crippen LogP contribution in [0.5, 0.6) is 5.75 Å². The van der Waals surface area contributed by atoms with Crippen LogP contribution in [0.1, 0.15) is 43.3 Å². The van der Waals surface area contributed by atoms with Crippen molar-refractivity contribution >= 4 is 34.1 Å². The third kappa shape index (κ3) is 4.39. The van der Waals surface area contributed by atoms with Crippen LogP contribution in [-0.4, -0.2) is 40.6 Å². The maximum Gasteiger partial charge on any atom is 0.257 e. The number of benzene rings is 2. The van der Waals surface area contributed by atoms with Gasteiger partial charge in [-0.25, -0.2) is 4.98 Å². The summed E-state index contributed by atoms with van der Waals surface area (Å²) in [4.78, 5) is 45.5. The van der Waals surface area contributed by atoms with E-state index >= 15 is 0 Å². The van der Waals surface area contributed by atoms with Gasteiger partial charge in [-0.1, -0.05) is 47.2 Å². The summed E-state index contributed by atoms with van der Waals surface area (Å²) in [5.74, 6) is -0.101. The van der Waals surface area contributed by atoms with Gasteiger partial charge in [0.25, 0.3) is 5.91 Å². The van der Waals surface area contributed by atoms with Gasteiger partial charge in [-0.3, -0.25) is 19.7 Å². The molecule has 2 heterocycles. The number of ketones is 1. The number of aryl methyl sites for hydroxylation is 1. The van der Waals surface area contributed by atoms with Crippen molar-refractivity contribution in [2.45, 2.75) is 26.3 Å². The van der Waals surface area contributed by atoms with Crippen molar-refractivity contribution in [2.24, 2.45) is 5.92 Å². The van der Waals surface area contributed by atoms with Gasteiger partial charge in [0.05, 0.1) is 23.0 Å². The van der Waals surface area contributed by atoms with Gasteiger partial charge in [0.2, 0.25) is 5.91 Å². The van der Waals surface area contributed by atoms with Gasteiger partial charge in [-0.15, -0.1) is 0 Å². The maximum absolute atomic E-state index is 13.3. The van der Waals surface area contributed by atoms with E-state index in [1.807, 2.05) is 43.3 Å². The topological polar surface area (TPSA) is 88.6 Å². The fourth-order valence-electron chi connectivity index (χ4n) is 4.29. The summed E-state index contributed by atoms with van der Waals surface area (Å²) in [6.45, 7) is 3.27. The number of aromatic nitrogens is 1. The van der Waals surface area contributed by atoms with E-state index in [2.05, 4.69) is 10.3 Å². The average Bonchev–Trinajstić information content (AvgIpc) is 3.09. The first-order valence-electron chi connectivity index (χ1n) is 10.9. The second-order valence-electron chi connectivity index (χ2n) is 8.36. The van der Waals surface area contributed by atoms with Crippen molar-refractivity contribution in [3.05, 3.63) is 75.8 Å². The van der Waals surface area contributed by atoms with Gasteiger partial charge < -0.3 is 9.64 Å². The number of nitrogens with zero attached hydrogens (tertiary/aromatic N) is 2. The molecule has 5 rings (SSSR count). The molecule has 0 spiro atoms. The summed E-state index contributed by atoms with van der Waals surface area (Å²) < 4.78 is 5.77. The van der Waals surface area contributed by atoms with Crippen LogP contribution in [0.25, 0.3) is 0 Å². The lowest BCUT2D eigenvalue weighted by molar-refractivity contribution is -0.136. The molecular weight excluding hydrogens is 438 g/mol. The molecule has 0 saturated heterocycles. The van der Waals surface area contributed by atoms with E-state index in [0.717, 1.165) is 16.9 Å². The minimum absolute atomic E-state index is 0.0624. The number of hydrogen-bond donors (Lipinski definition) is 1. The standard InChI is InChI=1S/C25H23N3O4S/c1-15-5-4-7-16(11-15)23(30)27-25-26-19-12-18(13-20(29)22(19)33-25)24(31)28-9-10-32-21-8-3-2-6-17(21)14-28/h2-8,11,18H,9-10,12-14H2,1H3,(H,26,27,30)/t18-/m0/s1. The maximum atomic E-state index is 13.3. The molecule has 168 valence electrons. The number of carbonyl (C=O) groups is 3. The Morgan fingerprint density at radius 3 is 2.85 bits per heavy atom. The molecule has 0 saturated carbocycles. The number of rotatable bonds is 3. The van der Waals surface area contributed by atoms with Crippen LogP contribution in [0.4, 0.5) is 5.13 Å². The molecule has 0 unspecified atom stereocenters. The zero-order chi connectivity index (χ0) is 22.9. The zero-order valence-electron chi connectivity index (χ0n) is 18.2. The predicted octanol–water partition coefficient (Wildman–Crippen LogP) is 3.87. The highest BCUT2D eigenvalue weighted by atomic mass is 32.1. The molecule has 1 atom stereocenters. The van der Waals surface area contributed by atoms with E-state index in [4.69, 9.17) is 4.74 Å². The van der Waals surface area contributed by atoms with Crippen molar-refractivity contribution in [1.29, 1.82) is 0 Å². The van der Waals surface area contributed by atoms with Crippen molar-refractivity contribution < 1.29 is 19.1 Å². The lowest BCUT2D eigenvalue weighted by Gasteiger charge is -2.27. The quantitative estimate of drug-likeness (QED) is 0.640. The molecule has 33 heavy (non-hydrogen) atoms.